The van der Waals surface area contributed by atoms with Gasteiger partial charge in [-0.3, -0.25) is 14.5 Å². The molecule has 1 amide bonds. The van der Waals surface area contributed by atoms with Gasteiger partial charge in [-0.2, -0.15) is 0 Å². The first-order chi connectivity index (χ1) is 15.3. The smallest absolute Gasteiger partial charge is 0.300 e. The van der Waals surface area contributed by atoms with Crippen molar-refractivity contribution < 1.29 is 23.8 Å². The highest BCUT2D eigenvalue weighted by Crippen LogP contribution is 2.43. The lowest BCUT2D eigenvalue weighted by Crippen LogP contribution is -2.29. The van der Waals surface area contributed by atoms with E-state index in [2.05, 4.69) is 0 Å². The quantitative estimate of drug-likeness (QED) is 0.340. The van der Waals surface area contributed by atoms with Gasteiger partial charge in [-0.1, -0.05) is 6.07 Å². The molecule has 0 spiro atoms. The molecular weight excluding hydrogens is 406 g/mol. The number of rotatable bonds is 5. The zero-order valence-electron chi connectivity index (χ0n) is 18.5. The van der Waals surface area contributed by atoms with Crippen molar-refractivity contribution in [3.63, 3.8) is 0 Å². The summed E-state index contributed by atoms with van der Waals surface area (Å²) < 4.78 is 11.3. The van der Waals surface area contributed by atoms with Crippen molar-refractivity contribution in [2.24, 2.45) is 0 Å². The monoisotopic (exact) mass is 431 g/mol. The van der Waals surface area contributed by atoms with Crippen LogP contribution in [0.2, 0.25) is 0 Å². The molecule has 6 nitrogen and oxygen atoms in total. The Balaban J connectivity index is 1.88. The number of aliphatic hydroxyl groups excluding tert-OH is 1. The zero-order chi connectivity index (χ0) is 23.0. The lowest BCUT2D eigenvalue weighted by atomic mass is 9.99. The molecule has 1 N–H and O–H groups in total. The number of nitrogens with zero attached hydrogens (tertiary/aromatic N) is 1. The van der Waals surface area contributed by atoms with Gasteiger partial charge in [0.05, 0.1) is 12.2 Å². The summed E-state index contributed by atoms with van der Waals surface area (Å²) >= 11 is 0. The average molecular weight is 431 g/mol. The minimum Gasteiger partial charge on any atom is -0.507 e. The number of anilines is 1. The van der Waals surface area contributed by atoms with Gasteiger partial charge in [-0.15, -0.1) is 0 Å². The van der Waals surface area contributed by atoms with E-state index in [9.17, 15) is 14.7 Å². The van der Waals surface area contributed by atoms with Gasteiger partial charge in [0.2, 0.25) is 0 Å². The van der Waals surface area contributed by atoms with Gasteiger partial charge in [-0.05, 0) is 87.4 Å². The Morgan fingerprint density at radius 1 is 1.00 bits per heavy atom. The zero-order valence-corrected chi connectivity index (χ0v) is 18.5. The number of aliphatic hydroxyl groups is 1. The maximum Gasteiger partial charge on any atom is 0.300 e. The van der Waals surface area contributed by atoms with E-state index < -0.39 is 17.7 Å². The summed E-state index contributed by atoms with van der Waals surface area (Å²) in [5.41, 5.74) is 3.04. The van der Waals surface area contributed by atoms with Crippen LogP contribution < -0.4 is 9.64 Å². The Labute approximate surface area is 186 Å². The molecule has 0 aliphatic carbocycles. The second-order valence-electron chi connectivity index (χ2n) is 7.84. The molecule has 1 aromatic heterocycles. The number of carbonyl (C=O) groups is 2. The van der Waals surface area contributed by atoms with Crippen LogP contribution in [0.3, 0.4) is 0 Å². The fraction of sp³-hybridized carbons (Fsp3) is 0.231. The molecular formula is C26H25NO5. The highest BCUT2D eigenvalue weighted by molar-refractivity contribution is 6.51. The number of ether oxygens (including phenoxy) is 1. The summed E-state index contributed by atoms with van der Waals surface area (Å²) in [6.45, 7) is 8.11. The number of amides is 1. The molecule has 2 heterocycles. The lowest BCUT2D eigenvalue weighted by molar-refractivity contribution is -0.132. The second kappa shape index (κ2) is 8.38. The first kappa shape index (κ1) is 21.4. The summed E-state index contributed by atoms with van der Waals surface area (Å²) in [6.07, 6.45) is 0. The first-order valence-corrected chi connectivity index (χ1v) is 10.5. The van der Waals surface area contributed by atoms with Crippen LogP contribution in [0.15, 0.2) is 64.6 Å². The molecule has 164 valence electrons. The fourth-order valence-corrected chi connectivity index (χ4v) is 3.88. The highest BCUT2D eigenvalue weighted by atomic mass is 16.5. The van der Waals surface area contributed by atoms with Crippen molar-refractivity contribution in [3.8, 4) is 5.75 Å². The van der Waals surface area contributed by atoms with Crippen molar-refractivity contribution in [1.29, 1.82) is 0 Å². The van der Waals surface area contributed by atoms with Crippen LogP contribution in [0.5, 0.6) is 5.75 Å². The topological polar surface area (TPSA) is 80.0 Å². The van der Waals surface area contributed by atoms with Crippen molar-refractivity contribution in [3.05, 3.63) is 88.4 Å². The van der Waals surface area contributed by atoms with Gasteiger partial charge < -0.3 is 14.3 Å². The van der Waals surface area contributed by atoms with Gasteiger partial charge in [0.15, 0.2) is 0 Å². The third kappa shape index (κ3) is 3.68. The Bertz CT molecular complexity index is 1220. The summed E-state index contributed by atoms with van der Waals surface area (Å²) in [4.78, 5) is 27.7. The normalized spacial score (nSPS) is 17.8. The van der Waals surface area contributed by atoms with Crippen molar-refractivity contribution in [2.75, 3.05) is 11.5 Å². The maximum atomic E-state index is 13.1. The molecule has 1 aliphatic heterocycles. The van der Waals surface area contributed by atoms with E-state index in [0.717, 1.165) is 11.1 Å². The van der Waals surface area contributed by atoms with E-state index in [-0.39, 0.29) is 11.3 Å². The van der Waals surface area contributed by atoms with Crippen LogP contribution >= 0.6 is 0 Å². The fourth-order valence-electron chi connectivity index (χ4n) is 3.88. The predicted molar refractivity (Wildman–Crippen MR) is 122 cm³/mol. The van der Waals surface area contributed by atoms with Crippen LogP contribution in [-0.2, 0) is 9.59 Å². The summed E-state index contributed by atoms with van der Waals surface area (Å²) in [6, 6.07) is 14.9. The second-order valence-corrected chi connectivity index (χ2v) is 7.84. The van der Waals surface area contributed by atoms with E-state index in [1.165, 1.54) is 4.90 Å². The summed E-state index contributed by atoms with van der Waals surface area (Å²) in [5, 5.41) is 11.1. The molecule has 1 atom stereocenters. The SMILES string of the molecule is CCOc1ccc(/C(O)=C2/C(=O)C(=O)N(c3ccc(C)c(C)c3)C2c2ccc(C)o2)cc1. The standard InChI is InChI=1S/C26H25NO5/c1-5-31-20-11-8-18(9-12-20)24(28)22-23(21-13-7-17(4)32-21)27(26(30)25(22)29)19-10-6-15(2)16(3)14-19/h6-14,23,28H,5H2,1-4H3/b24-22-. The van der Waals surface area contributed by atoms with E-state index in [1.807, 2.05) is 32.9 Å². The predicted octanol–water partition coefficient (Wildman–Crippen LogP) is 5.23. The number of furan rings is 1. The van der Waals surface area contributed by atoms with E-state index in [0.29, 0.717) is 35.1 Å². The van der Waals surface area contributed by atoms with Crippen LogP contribution in [-0.4, -0.2) is 23.4 Å². The maximum absolute atomic E-state index is 13.1. The number of hydrogen-bond donors (Lipinski definition) is 1. The molecule has 0 bridgehead atoms. The van der Waals surface area contributed by atoms with Crippen molar-refractivity contribution in [2.45, 2.75) is 33.7 Å². The summed E-state index contributed by atoms with van der Waals surface area (Å²) in [7, 11) is 0. The molecule has 1 unspecified atom stereocenters. The number of benzene rings is 2. The Morgan fingerprint density at radius 3 is 2.31 bits per heavy atom. The van der Waals surface area contributed by atoms with E-state index in [4.69, 9.17) is 9.15 Å². The van der Waals surface area contributed by atoms with Gasteiger partial charge in [0.1, 0.15) is 29.1 Å². The number of hydrogen-bond acceptors (Lipinski definition) is 5. The van der Waals surface area contributed by atoms with Gasteiger partial charge in [-0.25, -0.2) is 0 Å². The van der Waals surface area contributed by atoms with Crippen molar-refractivity contribution in [1.82, 2.24) is 0 Å². The molecule has 3 aromatic rings. The van der Waals surface area contributed by atoms with Crippen molar-refractivity contribution >= 4 is 23.1 Å². The number of ketones is 1. The van der Waals surface area contributed by atoms with Gasteiger partial charge in [0.25, 0.3) is 11.7 Å². The van der Waals surface area contributed by atoms with Gasteiger partial charge in [0, 0.05) is 11.3 Å². The summed E-state index contributed by atoms with van der Waals surface area (Å²) in [5.74, 6) is -0.0118. The minimum atomic E-state index is -0.877. The Hall–Kier alpha value is -3.80. The largest absolute Gasteiger partial charge is 0.507 e. The Morgan fingerprint density at radius 2 is 1.72 bits per heavy atom. The molecule has 32 heavy (non-hydrogen) atoms. The molecule has 0 saturated carbocycles. The Kier molecular flexibility index (Phi) is 5.61. The van der Waals surface area contributed by atoms with Crippen LogP contribution in [0, 0.1) is 20.8 Å². The molecule has 2 aromatic carbocycles. The van der Waals surface area contributed by atoms with E-state index >= 15 is 0 Å². The molecule has 1 fully saturated rings. The molecule has 1 aliphatic rings. The molecule has 0 radical (unpaired) electrons. The van der Waals surface area contributed by atoms with E-state index in [1.54, 1.807) is 49.4 Å². The third-order valence-electron chi connectivity index (χ3n) is 5.68. The molecule has 4 rings (SSSR count). The first-order valence-electron chi connectivity index (χ1n) is 10.5. The van der Waals surface area contributed by atoms with Crippen LogP contribution in [0.25, 0.3) is 5.76 Å². The molecule has 6 heteroatoms. The lowest BCUT2D eigenvalue weighted by Gasteiger charge is -2.24. The third-order valence-corrected chi connectivity index (χ3v) is 5.68. The van der Waals surface area contributed by atoms with Gasteiger partial charge >= 0.3 is 0 Å². The molecule has 1 saturated heterocycles. The average Bonchev–Trinajstić information content (AvgIpc) is 3.31. The van der Waals surface area contributed by atoms with Crippen LogP contribution in [0.4, 0.5) is 5.69 Å². The number of aryl methyl sites for hydroxylation is 3. The highest BCUT2D eigenvalue weighted by Gasteiger charge is 2.48. The number of carbonyl (C=O) groups excluding carboxylic acids is 2. The number of Topliss-reactive ketones (excluding diaryl/α,β-unsaturated/α-hetero) is 1. The van der Waals surface area contributed by atoms with Crippen LogP contribution in [0.1, 0.15) is 41.2 Å². The minimum absolute atomic E-state index is 0.00765.